The van der Waals surface area contributed by atoms with Crippen LogP contribution in [0.5, 0.6) is 0 Å². The first kappa shape index (κ1) is 10.6. The Bertz CT molecular complexity index is 328. The minimum absolute atomic E-state index is 0.580. The molecule has 1 aromatic heterocycles. The number of hydrogen-bond donors (Lipinski definition) is 2. The van der Waals surface area contributed by atoms with Gasteiger partial charge in [-0.15, -0.1) is 11.3 Å². The van der Waals surface area contributed by atoms with E-state index in [1.165, 1.54) is 4.88 Å². The molecule has 0 aliphatic carbocycles. The molecule has 4 heteroatoms. The van der Waals surface area contributed by atoms with Crippen LogP contribution in [0.3, 0.4) is 0 Å². The van der Waals surface area contributed by atoms with Gasteiger partial charge < -0.3 is 10.4 Å². The molecular formula is C11H15NO2S. The number of thiophene rings is 1. The second kappa shape index (κ2) is 4.33. The van der Waals surface area contributed by atoms with Crippen LogP contribution in [0.1, 0.15) is 17.7 Å². The van der Waals surface area contributed by atoms with Gasteiger partial charge in [0.2, 0.25) is 0 Å². The van der Waals surface area contributed by atoms with Gasteiger partial charge in [0, 0.05) is 11.4 Å². The number of hydrogen-bond acceptors (Lipinski definition) is 3. The maximum atomic E-state index is 11.4. The molecule has 1 atom stereocenters. The van der Waals surface area contributed by atoms with Gasteiger partial charge in [-0.3, -0.25) is 4.79 Å². The van der Waals surface area contributed by atoms with Crippen LogP contribution in [-0.4, -0.2) is 24.2 Å². The monoisotopic (exact) mass is 225 g/mol. The number of rotatable bonds is 3. The minimum atomic E-state index is -0.664. The summed E-state index contributed by atoms with van der Waals surface area (Å²) in [4.78, 5) is 12.5. The van der Waals surface area contributed by atoms with E-state index >= 15 is 0 Å². The molecule has 15 heavy (non-hydrogen) atoms. The summed E-state index contributed by atoms with van der Waals surface area (Å²) in [6.45, 7) is 1.54. The summed E-state index contributed by atoms with van der Waals surface area (Å²) in [5.74, 6) is -0.664. The fourth-order valence-corrected chi connectivity index (χ4v) is 2.97. The van der Waals surface area contributed by atoms with Crippen molar-refractivity contribution in [3.05, 3.63) is 22.4 Å². The van der Waals surface area contributed by atoms with Gasteiger partial charge in [0.25, 0.3) is 0 Å². The highest BCUT2D eigenvalue weighted by molar-refractivity contribution is 7.09. The molecule has 3 nitrogen and oxygen atoms in total. The summed E-state index contributed by atoms with van der Waals surface area (Å²) >= 11 is 1.64. The van der Waals surface area contributed by atoms with Crippen molar-refractivity contribution < 1.29 is 9.90 Å². The number of carboxylic acid groups (broad SMARTS) is 1. The van der Waals surface area contributed by atoms with Crippen LogP contribution < -0.4 is 5.32 Å². The van der Waals surface area contributed by atoms with Crippen molar-refractivity contribution in [3.8, 4) is 0 Å². The topological polar surface area (TPSA) is 49.3 Å². The summed E-state index contributed by atoms with van der Waals surface area (Å²) in [6.07, 6.45) is 2.40. The Morgan fingerprint density at radius 3 is 3.07 bits per heavy atom. The summed E-state index contributed by atoms with van der Waals surface area (Å²) in [7, 11) is 0. The van der Waals surface area contributed by atoms with Crippen LogP contribution in [0, 0.1) is 5.41 Å². The van der Waals surface area contributed by atoms with Crippen LogP contribution in [-0.2, 0) is 11.2 Å². The molecule has 0 saturated carbocycles. The maximum absolute atomic E-state index is 11.4. The van der Waals surface area contributed by atoms with Gasteiger partial charge in [0.15, 0.2) is 0 Å². The predicted octanol–water partition coefficient (Wildman–Crippen LogP) is 1.75. The quantitative estimate of drug-likeness (QED) is 0.824. The molecule has 0 radical (unpaired) electrons. The highest BCUT2D eigenvalue weighted by Crippen LogP contribution is 2.32. The number of piperidine rings is 1. The molecule has 0 bridgehead atoms. The second-order valence-electron chi connectivity index (χ2n) is 4.12. The first-order chi connectivity index (χ1) is 7.23. The Kier molecular flexibility index (Phi) is 3.07. The van der Waals surface area contributed by atoms with Crippen molar-refractivity contribution in [2.45, 2.75) is 19.3 Å². The molecule has 1 saturated heterocycles. The van der Waals surface area contributed by atoms with Crippen molar-refractivity contribution in [3.63, 3.8) is 0 Å². The third kappa shape index (κ3) is 2.21. The number of carbonyl (C=O) groups is 1. The van der Waals surface area contributed by atoms with Gasteiger partial charge in [-0.05, 0) is 37.3 Å². The minimum Gasteiger partial charge on any atom is -0.481 e. The van der Waals surface area contributed by atoms with E-state index in [1.807, 2.05) is 17.5 Å². The zero-order valence-corrected chi connectivity index (χ0v) is 9.35. The highest BCUT2D eigenvalue weighted by Gasteiger charge is 2.39. The molecule has 1 aliphatic heterocycles. The largest absolute Gasteiger partial charge is 0.481 e. The normalized spacial score (nSPS) is 26.4. The molecule has 1 aromatic rings. The fraction of sp³-hybridized carbons (Fsp3) is 0.545. The van der Waals surface area contributed by atoms with E-state index in [4.69, 9.17) is 0 Å². The van der Waals surface area contributed by atoms with Gasteiger partial charge in [-0.2, -0.15) is 0 Å². The van der Waals surface area contributed by atoms with Crippen LogP contribution >= 0.6 is 11.3 Å². The molecule has 1 aliphatic rings. The summed E-state index contributed by atoms with van der Waals surface area (Å²) in [6, 6.07) is 4.00. The Morgan fingerprint density at radius 1 is 1.67 bits per heavy atom. The lowest BCUT2D eigenvalue weighted by molar-refractivity contribution is -0.150. The molecular weight excluding hydrogens is 210 g/mol. The summed E-state index contributed by atoms with van der Waals surface area (Å²) in [5.41, 5.74) is -0.580. The van der Waals surface area contributed by atoms with Crippen molar-refractivity contribution in [2.75, 3.05) is 13.1 Å². The molecule has 1 fully saturated rings. The smallest absolute Gasteiger partial charge is 0.311 e. The van der Waals surface area contributed by atoms with Crippen molar-refractivity contribution in [1.29, 1.82) is 0 Å². The molecule has 0 aromatic carbocycles. The summed E-state index contributed by atoms with van der Waals surface area (Å²) < 4.78 is 0. The van der Waals surface area contributed by atoms with E-state index in [0.29, 0.717) is 13.0 Å². The van der Waals surface area contributed by atoms with Gasteiger partial charge >= 0.3 is 5.97 Å². The van der Waals surface area contributed by atoms with Crippen molar-refractivity contribution in [2.24, 2.45) is 5.41 Å². The molecule has 82 valence electrons. The average molecular weight is 225 g/mol. The second-order valence-corrected chi connectivity index (χ2v) is 5.15. The number of aliphatic carboxylic acids is 1. The van der Waals surface area contributed by atoms with E-state index in [1.54, 1.807) is 11.3 Å². The van der Waals surface area contributed by atoms with Crippen LogP contribution in [0.25, 0.3) is 0 Å². The van der Waals surface area contributed by atoms with Crippen LogP contribution in [0.4, 0.5) is 0 Å². The van der Waals surface area contributed by atoms with E-state index in [9.17, 15) is 9.90 Å². The molecule has 0 amide bonds. The first-order valence-electron chi connectivity index (χ1n) is 5.19. The highest BCUT2D eigenvalue weighted by atomic mass is 32.1. The lowest BCUT2D eigenvalue weighted by atomic mass is 9.77. The fourth-order valence-electron chi connectivity index (χ4n) is 2.12. The molecule has 2 N–H and O–H groups in total. The molecule has 2 rings (SSSR count). The van der Waals surface area contributed by atoms with E-state index in [2.05, 4.69) is 5.32 Å². The third-order valence-electron chi connectivity index (χ3n) is 3.02. The maximum Gasteiger partial charge on any atom is 0.311 e. The number of nitrogens with one attached hydrogen (secondary N) is 1. The van der Waals surface area contributed by atoms with E-state index in [-0.39, 0.29) is 0 Å². The number of carboxylic acids is 1. The van der Waals surface area contributed by atoms with Gasteiger partial charge in [-0.25, -0.2) is 0 Å². The molecule has 1 unspecified atom stereocenters. The van der Waals surface area contributed by atoms with Gasteiger partial charge in [0.05, 0.1) is 5.41 Å². The predicted molar refractivity (Wildman–Crippen MR) is 60.2 cm³/mol. The van der Waals surface area contributed by atoms with Gasteiger partial charge in [-0.1, -0.05) is 6.07 Å². The van der Waals surface area contributed by atoms with Gasteiger partial charge in [0.1, 0.15) is 0 Å². The van der Waals surface area contributed by atoms with E-state index < -0.39 is 11.4 Å². The van der Waals surface area contributed by atoms with E-state index in [0.717, 1.165) is 19.4 Å². The zero-order valence-electron chi connectivity index (χ0n) is 8.53. The average Bonchev–Trinajstić information content (AvgIpc) is 2.71. The lowest BCUT2D eigenvalue weighted by Gasteiger charge is -2.33. The molecule has 0 spiro atoms. The Hall–Kier alpha value is -0.870. The summed E-state index contributed by atoms with van der Waals surface area (Å²) in [5, 5.41) is 14.5. The zero-order chi connectivity index (χ0) is 10.7. The Morgan fingerprint density at radius 2 is 2.53 bits per heavy atom. The van der Waals surface area contributed by atoms with Crippen LogP contribution in [0.15, 0.2) is 17.5 Å². The third-order valence-corrected chi connectivity index (χ3v) is 3.90. The Labute approximate surface area is 93.1 Å². The van der Waals surface area contributed by atoms with Crippen molar-refractivity contribution >= 4 is 17.3 Å². The van der Waals surface area contributed by atoms with Crippen molar-refractivity contribution in [1.82, 2.24) is 5.32 Å². The molecule has 2 heterocycles. The Balaban J connectivity index is 2.15. The lowest BCUT2D eigenvalue weighted by Crippen LogP contribution is -2.46. The SMILES string of the molecule is O=C(O)C1(Cc2cccs2)CCCNC1. The first-order valence-corrected chi connectivity index (χ1v) is 6.07. The standard InChI is InChI=1S/C11H15NO2S/c13-10(14)11(4-2-5-12-8-11)7-9-3-1-6-15-9/h1,3,6,12H,2,4-5,7-8H2,(H,13,14). The van der Waals surface area contributed by atoms with Crippen LogP contribution in [0.2, 0.25) is 0 Å².